The van der Waals surface area contributed by atoms with E-state index in [9.17, 15) is 4.39 Å². The number of rotatable bonds is 5. The van der Waals surface area contributed by atoms with E-state index in [1.54, 1.807) is 16.6 Å². The number of nitrogens with zero attached hydrogens (tertiary/aromatic N) is 6. The predicted molar refractivity (Wildman–Crippen MR) is 135 cm³/mol. The van der Waals surface area contributed by atoms with Gasteiger partial charge in [-0.1, -0.05) is 60.7 Å². The first-order valence-corrected chi connectivity index (χ1v) is 11.8. The summed E-state index contributed by atoms with van der Waals surface area (Å²) < 4.78 is 15.1. The van der Waals surface area contributed by atoms with Crippen molar-refractivity contribution in [3.8, 4) is 11.4 Å². The maximum absolute atomic E-state index is 13.4. The molecule has 6 nitrogen and oxygen atoms in total. The van der Waals surface area contributed by atoms with E-state index in [0.717, 1.165) is 37.6 Å². The Morgan fingerprint density at radius 3 is 1.91 bits per heavy atom. The fourth-order valence-corrected chi connectivity index (χ4v) is 4.82. The monoisotopic (exact) mass is 464 g/mol. The minimum atomic E-state index is -0.279. The van der Waals surface area contributed by atoms with Crippen LogP contribution in [0, 0.1) is 5.82 Å². The van der Waals surface area contributed by atoms with Crippen LogP contribution in [-0.2, 0) is 0 Å². The topological polar surface area (TPSA) is 49.6 Å². The summed E-state index contributed by atoms with van der Waals surface area (Å²) in [4.78, 5) is 4.85. The zero-order valence-electron chi connectivity index (χ0n) is 19.2. The highest BCUT2D eigenvalue weighted by atomic mass is 19.1. The minimum absolute atomic E-state index is 0.220. The largest absolute Gasteiger partial charge is 0.353 e. The lowest BCUT2D eigenvalue weighted by Crippen LogP contribution is -2.48. The standard InChI is InChI=1S/C28H25FN6/c29-24-13-11-23(12-14-24)28-31-30-25-15-16-26(32-35(25)28)33-17-19-34(20-18-33)27(21-7-3-1-4-8-21)22-9-5-2-6-10-22/h1-16,27H,17-20H2. The molecular weight excluding hydrogens is 439 g/mol. The Kier molecular flexibility index (Phi) is 5.68. The van der Waals surface area contributed by atoms with Gasteiger partial charge in [-0.2, -0.15) is 4.52 Å². The van der Waals surface area contributed by atoms with Crippen molar-refractivity contribution in [1.82, 2.24) is 24.7 Å². The molecule has 0 bridgehead atoms. The van der Waals surface area contributed by atoms with Gasteiger partial charge in [0.1, 0.15) is 11.6 Å². The van der Waals surface area contributed by atoms with E-state index in [1.807, 2.05) is 12.1 Å². The molecule has 174 valence electrons. The summed E-state index contributed by atoms with van der Waals surface area (Å²) >= 11 is 0. The van der Waals surface area contributed by atoms with Crippen molar-refractivity contribution in [2.45, 2.75) is 6.04 Å². The molecule has 5 aromatic rings. The fourth-order valence-electron chi connectivity index (χ4n) is 4.82. The van der Waals surface area contributed by atoms with Gasteiger partial charge in [-0.05, 0) is 47.5 Å². The Morgan fingerprint density at radius 1 is 0.657 bits per heavy atom. The lowest BCUT2D eigenvalue weighted by Gasteiger charge is -2.40. The lowest BCUT2D eigenvalue weighted by molar-refractivity contribution is 0.212. The number of fused-ring (bicyclic) bond motifs is 1. The molecule has 0 amide bonds. The van der Waals surface area contributed by atoms with Crippen LogP contribution < -0.4 is 4.90 Å². The number of anilines is 1. The molecule has 0 aliphatic carbocycles. The SMILES string of the molecule is Fc1ccc(-c2nnc3ccc(N4CCN(C(c5ccccc5)c5ccccc5)CC4)nn23)cc1. The van der Waals surface area contributed by atoms with E-state index in [-0.39, 0.29) is 11.9 Å². The average Bonchev–Trinajstić information content (AvgIpc) is 3.34. The van der Waals surface area contributed by atoms with Gasteiger partial charge in [0.15, 0.2) is 11.5 Å². The first kappa shape index (κ1) is 21.4. The molecule has 1 saturated heterocycles. The Labute approximate surface area is 203 Å². The molecule has 2 aromatic heterocycles. The summed E-state index contributed by atoms with van der Waals surface area (Å²) in [5.41, 5.74) is 4.06. The molecule has 1 aliphatic heterocycles. The fraction of sp³-hybridized carbons (Fsp3) is 0.179. The van der Waals surface area contributed by atoms with Crippen LogP contribution in [0.4, 0.5) is 10.2 Å². The number of benzene rings is 3. The normalized spacial score (nSPS) is 14.6. The molecule has 1 aliphatic rings. The summed E-state index contributed by atoms with van der Waals surface area (Å²) in [5.74, 6) is 1.21. The van der Waals surface area contributed by atoms with Gasteiger partial charge in [0.2, 0.25) is 0 Å². The lowest BCUT2D eigenvalue weighted by atomic mass is 9.96. The van der Waals surface area contributed by atoms with E-state index < -0.39 is 0 Å². The third-order valence-electron chi connectivity index (χ3n) is 6.59. The zero-order valence-corrected chi connectivity index (χ0v) is 19.2. The van der Waals surface area contributed by atoms with Crippen LogP contribution >= 0.6 is 0 Å². The summed E-state index contributed by atoms with van der Waals surface area (Å²) in [6.45, 7) is 3.56. The second kappa shape index (κ2) is 9.27. The van der Waals surface area contributed by atoms with Gasteiger partial charge in [0.25, 0.3) is 0 Å². The molecule has 0 N–H and O–H groups in total. The van der Waals surface area contributed by atoms with Gasteiger partial charge < -0.3 is 4.90 Å². The molecule has 0 atom stereocenters. The molecule has 1 fully saturated rings. The molecule has 3 heterocycles. The van der Waals surface area contributed by atoms with E-state index in [4.69, 9.17) is 5.10 Å². The number of hydrogen-bond acceptors (Lipinski definition) is 5. The maximum atomic E-state index is 13.4. The smallest absolute Gasteiger partial charge is 0.185 e. The number of hydrogen-bond donors (Lipinski definition) is 0. The first-order chi connectivity index (χ1) is 17.3. The highest BCUT2D eigenvalue weighted by Crippen LogP contribution is 2.30. The van der Waals surface area contributed by atoms with Crippen molar-refractivity contribution >= 4 is 11.5 Å². The summed E-state index contributed by atoms with van der Waals surface area (Å²) in [7, 11) is 0. The third-order valence-corrected chi connectivity index (χ3v) is 6.59. The van der Waals surface area contributed by atoms with Crippen molar-refractivity contribution in [1.29, 1.82) is 0 Å². The number of piperazine rings is 1. The maximum Gasteiger partial charge on any atom is 0.185 e. The summed E-state index contributed by atoms with van der Waals surface area (Å²) in [5, 5.41) is 13.4. The molecule has 35 heavy (non-hydrogen) atoms. The Hall–Kier alpha value is -4.10. The second-order valence-corrected chi connectivity index (χ2v) is 8.74. The summed E-state index contributed by atoms with van der Waals surface area (Å²) in [6.07, 6.45) is 0. The molecule has 0 saturated carbocycles. The highest BCUT2D eigenvalue weighted by molar-refractivity contribution is 5.59. The molecular formula is C28H25FN6. The number of aromatic nitrogens is 4. The van der Waals surface area contributed by atoms with E-state index in [2.05, 4.69) is 80.7 Å². The Bertz CT molecular complexity index is 1370. The number of halogens is 1. The van der Waals surface area contributed by atoms with Crippen molar-refractivity contribution in [2.24, 2.45) is 0 Å². The molecule has 0 unspecified atom stereocenters. The van der Waals surface area contributed by atoms with Gasteiger partial charge in [-0.25, -0.2) is 4.39 Å². The predicted octanol–water partition coefficient (Wildman–Crippen LogP) is 4.84. The minimum Gasteiger partial charge on any atom is -0.353 e. The van der Waals surface area contributed by atoms with Gasteiger partial charge in [-0.15, -0.1) is 15.3 Å². The molecule has 0 radical (unpaired) electrons. The molecule has 7 heteroatoms. The van der Waals surface area contributed by atoms with E-state index >= 15 is 0 Å². The van der Waals surface area contributed by atoms with Crippen molar-refractivity contribution in [3.05, 3.63) is 114 Å². The summed E-state index contributed by atoms with van der Waals surface area (Å²) in [6, 6.07) is 31.8. The van der Waals surface area contributed by atoms with Crippen molar-refractivity contribution in [2.75, 3.05) is 31.1 Å². The van der Waals surface area contributed by atoms with Crippen LogP contribution in [0.3, 0.4) is 0 Å². The van der Waals surface area contributed by atoms with Gasteiger partial charge in [-0.3, -0.25) is 4.90 Å². The van der Waals surface area contributed by atoms with Crippen molar-refractivity contribution in [3.63, 3.8) is 0 Å². The van der Waals surface area contributed by atoms with Gasteiger partial charge in [0, 0.05) is 31.7 Å². The molecule has 3 aromatic carbocycles. The van der Waals surface area contributed by atoms with Crippen LogP contribution in [0.1, 0.15) is 17.2 Å². The molecule has 6 rings (SSSR count). The third kappa shape index (κ3) is 4.26. The van der Waals surface area contributed by atoms with Crippen molar-refractivity contribution < 1.29 is 4.39 Å². The van der Waals surface area contributed by atoms with Crippen LogP contribution in [0.2, 0.25) is 0 Å². The highest BCUT2D eigenvalue weighted by Gasteiger charge is 2.27. The van der Waals surface area contributed by atoms with Crippen LogP contribution in [0.5, 0.6) is 0 Å². The average molecular weight is 465 g/mol. The zero-order chi connectivity index (χ0) is 23.6. The van der Waals surface area contributed by atoms with Gasteiger partial charge in [0.05, 0.1) is 6.04 Å². The quantitative estimate of drug-likeness (QED) is 0.373. The Morgan fingerprint density at radius 2 is 1.29 bits per heavy atom. The van der Waals surface area contributed by atoms with E-state index in [1.165, 1.54) is 23.3 Å². The van der Waals surface area contributed by atoms with E-state index in [0.29, 0.717) is 11.5 Å². The van der Waals surface area contributed by atoms with Crippen LogP contribution in [0.15, 0.2) is 97.1 Å². The first-order valence-electron chi connectivity index (χ1n) is 11.8. The second-order valence-electron chi connectivity index (χ2n) is 8.74. The Balaban J connectivity index is 1.25. The van der Waals surface area contributed by atoms with Crippen LogP contribution in [-0.4, -0.2) is 50.9 Å². The van der Waals surface area contributed by atoms with Crippen LogP contribution in [0.25, 0.3) is 17.0 Å². The molecule has 0 spiro atoms. The van der Waals surface area contributed by atoms with Gasteiger partial charge >= 0.3 is 0 Å².